The summed E-state index contributed by atoms with van der Waals surface area (Å²) in [4.78, 5) is 28.2. The van der Waals surface area contributed by atoms with Crippen LogP contribution in [0.5, 0.6) is 0 Å². The number of aromatic nitrogens is 3. The van der Waals surface area contributed by atoms with Gasteiger partial charge in [0, 0.05) is 34.5 Å². The predicted molar refractivity (Wildman–Crippen MR) is 142 cm³/mol. The van der Waals surface area contributed by atoms with E-state index in [0.29, 0.717) is 5.56 Å². The Labute approximate surface area is 214 Å². The number of nitrogens with one attached hydrogen (secondary N) is 1. The standard InChI is InChI=1S/C28H30FN5OS/c1-17-32-21(15-36-17)13-26(35)34(22-7-8-22)14-20-11-18(5-9-24(20)29)19-6-10-25-23(12-19)27(31-16-30-25)33-28(2,3)4/h5-6,9-12,15-16,22H,7-8,13-14H2,1-4H3,(H,30,31,33). The van der Waals surface area contributed by atoms with E-state index in [2.05, 4.69) is 41.0 Å². The van der Waals surface area contributed by atoms with Crippen LogP contribution in [0.3, 0.4) is 0 Å². The van der Waals surface area contributed by atoms with Crippen molar-refractivity contribution >= 4 is 34.0 Å². The highest BCUT2D eigenvalue weighted by atomic mass is 32.1. The Morgan fingerprint density at radius 3 is 2.58 bits per heavy atom. The van der Waals surface area contributed by atoms with Crippen LogP contribution in [0, 0.1) is 12.7 Å². The van der Waals surface area contributed by atoms with E-state index in [-0.39, 0.29) is 36.3 Å². The summed E-state index contributed by atoms with van der Waals surface area (Å²) < 4.78 is 14.9. The average Bonchev–Trinajstić information content (AvgIpc) is 3.58. The molecular formula is C28H30FN5OS. The summed E-state index contributed by atoms with van der Waals surface area (Å²) in [5.74, 6) is 0.453. The normalized spacial score (nSPS) is 13.7. The molecule has 5 rings (SSSR count). The molecule has 0 unspecified atom stereocenters. The molecular weight excluding hydrogens is 473 g/mol. The third-order valence-corrected chi connectivity index (χ3v) is 6.98. The maximum atomic E-state index is 14.9. The van der Waals surface area contributed by atoms with Gasteiger partial charge in [0.1, 0.15) is 18.0 Å². The van der Waals surface area contributed by atoms with Crippen molar-refractivity contribution in [1.29, 1.82) is 0 Å². The second kappa shape index (κ2) is 9.58. The Morgan fingerprint density at radius 1 is 1.14 bits per heavy atom. The van der Waals surface area contributed by atoms with Crippen molar-refractivity contribution in [2.45, 2.75) is 65.1 Å². The van der Waals surface area contributed by atoms with Gasteiger partial charge in [0.25, 0.3) is 0 Å². The minimum atomic E-state index is -0.305. The molecule has 1 fully saturated rings. The van der Waals surface area contributed by atoms with Gasteiger partial charge >= 0.3 is 0 Å². The molecule has 2 heterocycles. The van der Waals surface area contributed by atoms with E-state index in [1.807, 2.05) is 41.5 Å². The number of amides is 1. The first-order valence-electron chi connectivity index (χ1n) is 12.2. The van der Waals surface area contributed by atoms with Crippen molar-refractivity contribution in [2.24, 2.45) is 0 Å². The number of rotatable bonds is 7. The zero-order valence-corrected chi connectivity index (χ0v) is 21.8. The van der Waals surface area contributed by atoms with E-state index >= 15 is 0 Å². The highest BCUT2D eigenvalue weighted by molar-refractivity contribution is 7.09. The van der Waals surface area contributed by atoms with Gasteiger partial charge in [-0.3, -0.25) is 4.79 Å². The number of hydrogen-bond acceptors (Lipinski definition) is 6. The fourth-order valence-electron chi connectivity index (χ4n) is 4.30. The van der Waals surface area contributed by atoms with Crippen LogP contribution >= 0.6 is 11.3 Å². The van der Waals surface area contributed by atoms with Gasteiger partial charge in [-0.05, 0) is 75.9 Å². The average molecular weight is 504 g/mol. The summed E-state index contributed by atoms with van der Waals surface area (Å²) >= 11 is 1.54. The highest BCUT2D eigenvalue weighted by Gasteiger charge is 2.33. The second-order valence-corrected chi connectivity index (χ2v) is 11.5. The van der Waals surface area contributed by atoms with E-state index in [4.69, 9.17) is 0 Å². The van der Waals surface area contributed by atoms with E-state index in [0.717, 1.165) is 51.4 Å². The summed E-state index contributed by atoms with van der Waals surface area (Å²) in [6.07, 6.45) is 3.72. The van der Waals surface area contributed by atoms with Crippen molar-refractivity contribution in [3.8, 4) is 11.1 Å². The Balaban J connectivity index is 1.43. The number of anilines is 1. The van der Waals surface area contributed by atoms with Crippen molar-refractivity contribution in [2.75, 3.05) is 5.32 Å². The molecule has 0 radical (unpaired) electrons. The van der Waals surface area contributed by atoms with Gasteiger partial charge in [-0.15, -0.1) is 11.3 Å². The Kier molecular flexibility index (Phi) is 6.47. The molecule has 1 aliphatic rings. The first-order valence-corrected chi connectivity index (χ1v) is 13.1. The van der Waals surface area contributed by atoms with Crippen LogP contribution in [0.1, 0.15) is 49.9 Å². The maximum absolute atomic E-state index is 14.9. The smallest absolute Gasteiger partial charge is 0.229 e. The lowest BCUT2D eigenvalue weighted by Crippen LogP contribution is -2.34. The molecule has 0 atom stereocenters. The third kappa shape index (κ3) is 5.54. The van der Waals surface area contributed by atoms with Crippen molar-refractivity contribution in [3.63, 3.8) is 0 Å². The number of halogens is 1. The number of carbonyl (C=O) groups excluding carboxylic acids is 1. The lowest BCUT2D eigenvalue weighted by atomic mass is 10.00. The van der Waals surface area contributed by atoms with Crippen molar-refractivity contribution in [1.82, 2.24) is 19.9 Å². The second-order valence-electron chi connectivity index (χ2n) is 10.4. The van der Waals surface area contributed by atoms with Crippen LogP contribution in [0.15, 0.2) is 48.1 Å². The summed E-state index contributed by atoms with van der Waals surface area (Å²) in [6, 6.07) is 11.3. The Morgan fingerprint density at radius 2 is 1.89 bits per heavy atom. The largest absolute Gasteiger partial charge is 0.365 e. The van der Waals surface area contributed by atoms with E-state index in [1.54, 1.807) is 12.4 Å². The van der Waals surface area contributed by atoms with Gasteiger partial charge in [0.05, 0.1) is 22.6 Å². The highest BCUT2D eigenvalue weighted by Crippen LogP contribution is 2.32. The van der Waals surface area contributed by atoms with Gasteiger partial charge in [-0.1, -0.05) is 12.1 Å². The SMILES string of the molecule is Cc1nc(CC(=O)N(Cc2cc(-c3ccc4ncnc(NC(C)(C)C)c4c3)ccc2F)C2CC2)cs1. The third-order valence-electron chi connectivity index (χ3n) is 6.16. The van der Waals surface area contributed by atoms with Gasteiger partial charge in [-0.25, -0.2) is 19.3 Å². The van der Waals surface area contributed by atoms with E-state index < -0.39 is 0 Å². The molecule has 6 nitrogen and oxygen atoms in total. The molecule has 36 heavy (non-hydrogen) atoms. The van der Waals surface area contributed by atoms with Crippen LogP contribution in [-0.2, 0) is 17.8 Å². The monoisotopic (exact) mass is 503 g/mol. The molecule has 2 aromatic carbocycles. The summed E-state index contributed by atoms with van der Waals surface area (Å²) in [6.45, 7) is 8.43. The lowest BCUT2D eigenvalue weighted by Gasteiger charge is -2.23. The molecule has 1 N–H and O–H groups in total. The minimum absolute atomic E-state index is 0.00615. The summed E-state index contributed by atoms with van der Waals surface area (Å²) in [7, 11) is 0. The molecule has 0 bridgehead atoms. The fraction of sp³-hybridized carbons (Fsp3) is 0.357. The molecule has 0 aliphatic heterocycles. The summed E-state index contributed by atoms with van der Waals surface area (Å²) in [5.41, 5.74) is 3.80. The number of hydrogen-bond donors (Lipinski definition) is 1. The topological polar surface area (TPSA) is 71.0 Å². The Bertz CT molecular complexity index is 1420. The molecule has 186 valence electrons. The fourth-order valence-corrected chi connectivity index (χ4v) is 4.92. The Hall–Kier alpha value is -3.39. The zero-order valence-electron chi connectivity index (χ0n) is 21.0. The number of fused-ring (bicyclic) bond motifs is 1. The van der Waals surface area contributed by atoms with Crippen LogP contribution < -0.4 is 5.32 Å². The summed E-state index contributed by atoms with van der Waals surface area (Å²) in [5, 5.41) is 7.21. The number of carbonyl (C=O) groups is 1. The first-order chi connectivity index (χ1) is 17.2. The van der Waals surface area contributed by atoms with Crippen molar-refractivity contribution < 1.29 is 9.18 Å². The molecule has 8 heteroatoms. The molecule has 2 aromatic heterocycles. The molecule has 0 saturated heterocycles. The van der Waals surface area contributed by atoms with Crippen LogP contribution in [-0.4, -0.2) is 37.3 Å². The van der Waals surface area contributed by atoms with Gasteiger partial charge in [-0.2, -0.15) is 0 Å². The first kappa shape index (κ1) is 24.3. The predicted octanol–water partition coefficient (Wildman–Crippen LogP) is 6.14. The maximum Gasteiger partial charge on any atom is 0.229 e. The quantitative estimate of drug-likeness (QED) is 0.328. The molecule has 1 amide bonds. The van der Waals surface area contributed by atoms with Crippen LogP contribution in [0.4, 0.5) is 10.2 Å². The van der Waals surface area contributed by atoms with Gasteiger partial charge in [0.15, 0.2) is 0 Å². The molecule has 0 spiro atoms. The molecule has 1 saturated carbocycles. The van der Waals surface area contributed by atoms with E-state index in [9.17, 15) is 9.18 Å². The lowest BCUT2D eigenvalue weighted by molar-refractivity contribution is -0.131. The van der Waals surface area contributed by atoms with Crippen LogP contribution in [0.25, 0.3) is 22.0 Å². The molecule has 4 aromatic rings. The van der Waals surface area contributed by atoms with Crippen LogP contribution in [0.2, 0.25) is 0 Å². The number of aryl methyl sites for hydroxylation is 1. The minimum Gasteiger partial charge on any atom is -0.365 e. The van der Waals surface area contributed by atoms with Gasteiger partial charge in [0.2, 0.25) is 5.91 Å². The molecule has 1 aliphatic carbocycles. The number of nitrogens with zero attached hydrogens (tertiary/aromatic N) is 4. The number of benzene rings is 2. The number of thiazole rings is 1. The van der Waals surface area contributed by atoms with E-state index in [1.165, 1.54) is 17.4 Å². The van der Waals surface area contributed by atoms with Gasteiger partial charge < -0.3 is 10.2 Å². The zero-order chi connectivity index (χ0) is 25.4. The van der Waals surface area contributed by atoms with Crippen molar-refractivity contribution in [3.05, 3.63) is 70.2 Å².